The maximum atomic E-state index is 9.19. The molecule has 1 fully saturated rings. The molecule has 1 aromatic rings. The summed E-state index contributed by atoms with van der Waals surface area (Å²) in [5.74, 6) is -0.149. The first-order valence-electron chi connectivity index (χ1n) is 7.01. The molecular weight excluding hydrogens is 250 g/mol. The first-order valence-corrected chi connectivity index (χ1v) is 7.01. The lowest BCUT2D eigenvalue weighted by Gasteiger charge is -2.27. The van der Waals surface area contributed by atoms with E-state index in [2.05, 4.69) is 11.0 Å². The third-order valence-electron chi connectivity index (χ3n) is 3.62. The number of hydrogen-bond donors (Lipinski definition) is 1. The van der Waals surface area contributed by atoms with Crippen LogP contribution in [0, 0.1) is 11.3 Å². The second kappa shape index (κ2) is 6.97. The van der Waals surface area contributed by atoms with Crippen LogP contribution in [0.15, 0.2) is 30.5 Å². The third-order valence-corrected chi connectivity index (χ3v) is 3.62. The van der Waals surface area contributed by atoms with E-state index in [1.165, 1.54) is 0 Å². The predicted molar refractivity (Wildman–Crippen MR) is 79.6 cm³/mol. The second-order valence-corrected chi connectivity index (χ2v) is 4.94. The maximum Gasteiger partial charge on any atom is 0.0701 e. The summed E-state index contributed by atoms with van der Waals surface area (Å²) in [4.78, 5) is 2.25. The molecule has 0 bridgehead atoms. The van der Waals surface area contributed by atoms with Gasteiger partial charge in [0.1, 0.15) is 0 Å². The van der Waals surface area contributed by atoms with Crippen LogP contribution in [0.4, 0.5) is 0 Å². The predicted octanol–water partition coefficient (Wildman–Crippen LogP) is 2.29. The molecule has 106 valence electrons. The highest BCUT2D eigenvalue weighted by atomic mass is 16.5. The SMILES string of the molecule is CC(C#N)c1ccccc1/C(=C\N)N1CCCOCC1. The summed E-state index contributed by atoms with van der Waals surface area (Å²) in [6, 6.07) is 10.3. The van der Waals surface area contributed by atoms with E-state index >= 15 is 0 Å². The minimum atomic E-state index is -0.149. The van der Waals surface area contributed by atoms with Crippen LogP contribution in [0.1, 0.15) is 30.4 Å². The van der Waals surface area contributed by atoms with Crippen molar-refractivity contribution in [3.8, 4) is 6.07 Å². The fourth-order valence-corrected chi connectivity index (χ4v) is 2.53. The van der Waals surface area contributed by atoms with E-state index in [-0.39, 0.29) is 5.92 Å². The highest BCUT2D eigenvalue weighted by Crippen LogP contribution is 2.28. The molecule has 0 saturated carbocycles. The molecule has 1 aliphatic rings. The number of hydrogen-bond acceptors (Lipinski definition) is 4. The van der Waals surface area contributed by atoms with E-state index in [1.807, 2.05) is 31.2 Å². The van der Waals surface area contributed by atoms with Crippen molar-refractivity contribution < 1.29 is 4.74 Å². The molecule has 1 saturated heterocycles. The maximum absolute atomic E-state index is 9.19. The van der Waals surface area contributed by atoms with Gasteiger partial charge in [0, 0.05) is 31.5 Å². The van der Waals surface area contributed by atoms with Gasteiger partial charge in [-0.3, -0.25) is 0 Å². The van der Waals surface area contributed by atoms with Gasteiger partial charge in [0.15, 0.2) is 0 Å². The molecule has 4 nitrogen and oxygen atoms in total. The van der Waals surface area contributed by atoms with Gasteiger partial charge >= 0.3 is 0 Å². The van der Waals surface area contributed by atoms with Gasteiger partial charge in [-0.15, -0.1) is 0 Å². The van der Waals surface area contributed by atoms with E-state index in [0.29, 0.717) is 6.61 Å². The Morgan fingerprint density at radius 2 is 2.20 bits per heavy atom. The zero-order valence-corrected chi connectivity index (χ0v) is 11.9. The van der Waals surface area contributed by atoms with Crippen LogP contribution in [0.3, 0.4) is 0 Å². The second-order valence-electron chi connectivity index (χ2n) is 4.94. The van der Waals surface area contributed by atoms with Gasteiger partial charge in [-0.2, -0.15) is 5.26 Å². The third kappa shape index (κ3) is 3.12. The zero-order valence-electron chi connectivity index (χ0n) is 11.9. The van der Waals surface area contributed by atoms with Crippen molar-refractivity contribution in [2.45, 2.75) is 19.3 Å². The molecule has 1 aliphatic heterocycles. The first kappa shape index (κ1) is 14.4. The van der Waals surface area contributed by atoms with Crippen LogP contribution < -0.4 is 5.73 Å². The van der Waals surface area contributed by atoms with Crippen LogP contribution >= 0.6 is 0 Å². The molecule has 1 aromatic carbocycles. The van der Waals surface area contributed by atoms with Gasteiger partial charge in [-0.1, -0.05) is 24.3 Å². The van der Waals surface area contributed by atoms with Crippen molar-refractivity contribution in [3.63, 3.8) is 0 Å². The van der Waals surface area contributed by atoms with Gasteiger partial charge in [0.05, 0.1) is 24.3 Å². The van der Waals surface area contributed by atoms with Crippen molar-refractivity contribution in [3.05, 3.63) is 41.6 Å². The van der Waals surface area contributed by atoms with Crippen LogP contribution in [0.5, 0.6) is 0 Å². The fourth-order valence-electron chi connectivity index (χ4n) is 2.53. The molecule has 0 amide bonds. The normalized spacial score (nSPS) is 18.2. The Morgan fingerprint density at radius 1 is 1.40 bits per heavy atom. The van der Waals surface area contributed by atoms with Gasteiger partial charge < -0.3 is 15.4 Å². The van der Waals surface area contributed by atoms with E-state index in [4.69, 9.17) is 10.5 Å². The highest BCUT2D eigenvalue weighted by Gasteiger charge is 2.18. The standard InChI is InChI=1S/C16H21N3O/c1-13(11-17)14-5-2-3-6-15(14)16(12-18)19-7-4-9-20-10-8-19/h2-3,5-6,12-13H,4,7-10,18H2,1H3/b16-12+. The summed E-state index contributed by atoms with van der Waals surface area (Å²) in [5.41, 5.74) is 8.94. The quantitative estimate of drug-likeness (QED) is 0.916. The number of nitrogens with zero attached hydrogens (tertiary/aromatic N) is 2. The molecule has 1 heterocycles. The first-order chi connectivity index (χ1) is 9.77. The number of ether oxygens (including phenoxy) is 1. The van der Waals surface area contributed by atoms with Crippen molar-refractivity contribution in [2.75, 3.05) is 26.3 Å². The molecule has 0 aliphatic carbocycles. The number of nitrogens with two attached hydrogens (primary N) is 1. The average molecular weight is 271 g/mol. The fraction of sp³-hybridized carbons (Fsp3) is 0.438. The van der Waals surface area contributed by atoms with Gasteiger partial charge in [0.25, 0.3) is 0 Å². The molecule has 0 spiro atoms. The Bertz CT molecular complexity index is 511. The Kier molecular flexibility index (Phi) is 5.03. The molecule has 2 rings (SSSR count). The minimum Gasteiger partial charge on any atom is -0.403 e. The van der Waals surface area contributed by atoms with Crippen LogP contribution in [0.2, 0.25) is 0 Å². The van der Waals surface area contributed by atoms with Gasteiger partial charge in [-0.25, -0.2) is 0 Å². The zero-order chi connectivity index (χ0) is 14.4. The Morgan fingerprint density at radius 3 is 2.95 bits per heavy atom. The van der Waals surface area contributed by atoms with Crippen molar-refractivity contribution in [1.82, 2.24) is 4.90 Å². The van der Waals surface area contributed by atoms with E-state index in [0.717, 1.165) is 42.9 Å². The minimum absolute atomic E-state index is 0.149. The summed E-state index contributed by atoms with van der Waals surface area (Å²) in [6.07, 6.45) is 2.64. The number of benzene rings is 1. The molecule has 2 N–H and O–H groups in total. The molecule has 1 unspecified atom stereocenters. The lowest BCUT2D eigenvalue weighted by molar-refractivity contribution is 0.147. The summed E-state index contributed by atoms with van der Waals surface area (Å²) < 4.78 is 5.49. The van der Waals surface area contributed by atoms with Crippen molar-refractivity contribution in [2.24, 2.45) is 5.73 Å². The lowest BCUT2D eigenvalue weighted by atomic mass is 9.94. The highest BCUT2D eigenvalue weighted by molar-refractivity contribution is 5.67. The molecular formula is C16H21N3O. The summed E-state index contributed by atoms with van der Waals surface area (Å²) >= 11 is 0. The summed E-state index contributed by atoms with van der Waals surface area (Å²) in [6.45, 7) is 5.19. The average Bonchev–Trinajstić information content (AvgIpc) is 2.77. The molecule has 1 atom stereocenters. The number of rotatable bonds is 3. The lowest BCUT2D eigenvalue weighted by Crippen LogP contribution is -2.26. The summed E-state index contributed by atoms with van der Waals surface area (Å²) in [7, 11) is 0. The van der Waals surface area contributed by atoms with Gasteiger partial charge in [-0.05, 0) is 18.9 Å². The molecule has 4 heteroatoms. The van der Waals surface area contributed by atoms with E-state index in [9.17, 15) is 5.26 Å². The van der Waals surface area contributed by atoms with Gasteiger partial charge in [0.2, 0.25) is 0 Å². The smallest absolute Gasteiger partial charge is 0.0701 e. The Labute approximate surface area is 120 Å². The summed E-state index contributed by atoms with van der Waals surface area (Å²) in [5, 5.41) is 9.19. The molecule has 0 aromatic heterocycles. The van der Waals surface area contributed by atoms with E-state index < -0.39 is 0 Å². The van der Waals surface area contributed by atoms with Crippen molar-refractivity contribution >= 4 is 5.70 Å². The van der Waals surface area contributed by atoms with Crippen LogP contribution in [-0.4, -0.2) is 31.2 Å². The number of nitriles is 1. The van der Waals surface area contributed by atoms with Crippen LogP contribution in [0.25, 0.3) is 5.70 Å². The topological polar surface area (TPSA) is 62.3 Å². The molecule has 20 heavy (non-hydrogen) atoms. The molecule has 0 radical (unpaired) electrons. The van der Waals surface area contributed by atoms with Crippen LogP contribution in [-0.2, 0) is 4.74 Å². The monoisotopic (exact) mass is 271 g/mol. The van der Waals surface area contributed by atoms with E-state index in [1.54, 1.807) is 6.20 Å². The van der Waals surface area contributed by atoms with Crippen molar-refractivity contribution in [1.29, 1.82) is 5.26 Å². The largest absolute Gasteiger partial charge is 0.403 e. The Balaban J connectivity index is 2.35. The Hall–Kier alpha value is -1.99.